The van der Waals surface area contributed by atoms with Crippen LogP contribution in [0.2, 0.25) is 0 Å². The molecule has 0 spiro atoms. The molecule has 0 bridgehead atoms. The molecule has 2 heterocycles. The summed E-state index contributed by atoms with van der Waals surface area (Å²) in [6.07, 6.45) is -1.33. The first kappa shape index (κ1) is 95.1. The van der Waals surface area contributed by atoms with Gasteiger partial charge in [0.05, 0.1) is 77.5 Å². The Morgan fingerprint density at radius 2 is 0.873 bits per heavy atom. The molecule has 0 saturated carbocycles. The summed E-state index contributed by atoms with van der Waals surface area (Å²) in [4.78, 5) is 20.3. The van der Waals surface area contributed by atoms with Gasteiger partial charge in [-0.2, -0.15) is 38.6 Å². The second-order valence-electron chi connectivity index (χ2n) is 18.1. The van der Waals surface area contributed by atoms with Crippen LogP contribution in [0.4, 0.5) is 96.7 Å². The molecule has 2 aromatic heterocycles. The van der Waals surface area contributed by atoms with Crippen molar-refractivity contribution in [2.45, 2.75) is 29.4 Å². The largest absolute Gasteiger partial charge is 1.00 e. The SMILES string of the molecule is Nc1c(N=Nc2cc(Nc3nc(Nc4ccc(S(=O)(=O)CCOS(=O)(=O)[O-])cc4)nc(Nc4cccc(S(=O)(=O)[O-])c4)n3)ccc2S(=O)(=O)[O-])cc(S(=O)(=O)[O-])c(N)c1N=Nc1cc(Nc2nc(F)nc(Nc3ccc(S(=O)(=O)CCOSOO[O-])cc3)n2)ccc1SOO[O-].[Na+].[Na+].[Na+].[Na+].[Na+].[Na+]. The molecule has 0 unspecified atom stereocenters. The first-order valence-corrected chi connectivity index (χ1v) is 35.4. The molecule has 0 aliphatic heterocycles. The molecule has 0 radical (unpaired) electrons. The normalized spacial score (nSPS) is 11.8. The van der Waals surface area contributed by atoms with E-state index in [1.54, 1.807) is 0 Å². The first-order valence-electron chi connectivity index (χ1n) is 25.1. The number of aromatic nitrogens is 6. The van der Waals surface area contributed by atoms with Gasteiger partial charge in [-0.3, -0.25) is 18.4 Å². The maximum atomic E-state index is 14.9. The van der Waals surface area contributed by atoms with E-state index in [0.717, 1.165) is 48.5 Å². The maximum absolute atomic E-state index is 14.9. The minimum atomic E-state index is -5.60. The van der Waals surface area contributed by atoms with Crippen molar-refractivity contribution in [1.29, 1.82) is 0 Å². The Balaban J connectivity index is 0.00000589. The summed E-state index contributed by atoms with van der Waals surface area (Å²) in [6.45, 7) is -1.37. The Kier molecular flexibility index (Phi) is 39.2. The van der Waals surface area contributed by atoms with E-state index in [0.29, 0.717) is 6.07 Å². The number of rotatable bonds is 32. The molecule has 0 aliphatic rings. The topological polar surface area (TPSA) is 638 Å². The predicted molar refractivity (Wildman–Crippen MR) is 319 cm³/mol. The fourth-order valence-corrected chi connectivity index (χ4v) is 12.5. The molecule has 9 N–H and O–H groups in total. The molecular weight excluding hydrogens is 1590 g/mol. The molecule has 0 saturated heterocycles. The van der Waals surface area contributed by atoms with Gasteiger partial charge in [-0.25, -0.2) is 50.5 Å². The number of nitrogens with one attached hydrogen (secondary N) is 5. The van der Waals surface area contributed by atoms with Crippen LogP contribution in [0.1, 0.15) is 0 Å². The predicted octanol–water partition coefficient (Wildman–Crippen LogP) is -14.3. The van der Waals surface area contributed by atoms with Gasteiger partial charge in [-0.15, -0.1) is 24.8 Å². The molecule has 0 atom stereocenters. The number of anilines is 12. The summed E-state index contributed by atoms with van der Waals surface area (Å²) in [7, 11) is -29.4. The summed E-state index contributed by atoms with van der Waals surface area (Å²) in [6, 6.07) is 20.8. The Labute approximate surface area is 718 Å². The van der Waals surface area contributed by atoms with Crippen LogP contribution in [0, 0.1) is 6.08 Å². The van der Waals surface area contributed by atoms with E-state index in [9.17, 15) is 83.6 Å². The molecule has 0 aliphatic carbocycles. The summed E-state index contributed by atoms with van der Waals surface area (Å²) >= 11 is 0.371. The van der Waals surface area contributed by atoms with Crippen LogP contribution in [-0.2, 0) is 87.5 Å². The molecule has 6 aromatic carbocycles. The fourth-order valence-electron chi connectivity index (χ4n) is 7.51. The molecule has 8 rings (SSSR count). The zero-order valence-electron chi connectivity index (χ0n) is 52.9. The second kappa shape index (κ2) is 42.1. The van der Waals surface area contributed by atoms with Crippen molar-refractivity contribution in [3.8, 4) is 0 Å². The van der Waals surface area contributed by atoms with Gasteiger partial charge in [0.2, 0.25) is 40.1 Å². The number of nitrogens with two attached hydrogens (primary N) is 2. The van der Waals surface area contributed by atoms with Crippen LogP contribution < -0.4 is 226 Å². The van der Waals surface area contributed by atoms with Crippen LogP contribution in [0.3, 0.4) is 0 Å². The smallest absolute Gasteiger partial charge is 0.744 e. The molecule has 41 nitrogen and oxygen atoms in total. The van der Waals surface area contributed by atoms with Crippen molar-refractivity contribution < 1.29 is 288 Å². The Bertz CT molecular complexity index is 5040. The van der Waals surface area contributed by atoms with E-state index < -0.39 is 152 Å². The van der Waals surface area contributed by atoms with E-state index in [2.05, 4.69) is 99.9 Å². The molecule has 56 heteroatoms. The standard InChI is InChI=1S/C46H42FN17O24S8.6Na/c47-41-55-42(50-24-4-10-29(11-5-24)91(67,68)18-16-83-90-88-86-66)57-43(56-41)53-27-8-14-35(89-87-85-65)32(21-27)61-64-40-38(48)34(23-37(39(40)49)95(77,78)79)63-62-33-22-28(9-15-36(33)94(74,75)76)54-46-59-44(58-45(60-46)52-26-2-1-3-31(20-26)93(71,72)73)51-25-6-12-30(13-7-25)92(69,70)19-17-84-96(80,81)82;;;;;;/h1-15,20-23,65-66H,16-19,48-49H2,(H,71,72,73)(H,74,75,76)(H,77,78,79)(H,80,81,82)(H2,50,53,55,56,57)(H3,51,52,54,58,59,60);;;;;;/q;6*+1/p-6. The fraction of sp³-hybridized carbons (Fsp3) is 0.0870. The Hall–Kier alpha value is -3.01. The zero-order valence-corrected chi connectivity index (χ0v) is 71.4. The molecule has 510 valence electrons. The van der Waals surface area contributed by atoms with E-state index in [-0.39, 0.29) is 263 Å². The zero-order chi connectivity index (χ0) is 69.8. The Morgan fingerprint density at radius 1 is 0.441 bits per heavy atom. The number of halogens is 1. The molecule has 0 fully saturated rings. The Morgan fingerprint density at radius 3 is 1.35 bits per heavy atom. The number of hydrogen-bond acceptors (Lipinski definition) is 43. The minimum absolute atomic E-state index is 0. The summed E-state index contributed by atoms with van der Waals surface area (Å²) < 4.78 is 227. The van der Waals surface area contributed by atoms with Crippen LogP contribution in [-0.4, -0.2) is 123 Å². The number of hydrogen-bond donors (Lipinski definition) is 7. The number of azo groups is 2. The number of nitrogens with zero attached hydrogens (tertiary/aromatic N) is 10. The summed E-state index contributed by atoms with van der Waals surface area (Å²) in [5.74, 6) is -3.51. The quantitative estimate of drug-likeness (QED) is 0.00237. The molecule has 102 heavy (non-hydrogen) atoms. The monoisotopic (exact) mass is 1620 g/mol. The van der Waals surface area contributed by atoms with Gasteiger partial charge < -0.3 is 66.8 Å². The van der Waals surface area contributed by atoms with E-state index in [1.165, 1.54) is 60.7 Å². The van der Waals surface area contributed by atoms with Crippen molar-refractivity contribution in [3.63, 3.8) is 0 Å². The molecule has 8 aromatic rings. The van der Waals surface area contributed by atoms with Crippen molar-refractivity contribution in [3.05, 3.63) is 121 Å². The first-order chi connectivity index (χ1) is 45.2. The van der Waals surface area contributed by atoms with E-state index in [4.69, 9.17) is 15.7 Å². The number of sulfone groups is 2. The molecule has 0 amide bonds. The minimum Gasteiger partial charge on any atom is -0.744 e. The van der Waals surface area contributed by atoms with Gasteiger partial charge in [-0.1, -0.05) is 6.07 Å². The van der Waals surface area contributed by atoms with Gasteiger partial charge in [0.1, 0.15) is 53.1 Å². The van der Waals surface area contributed by atoms with Gasteiger partial charge in [-0.05, 0) is 109 Å². The van der Waals surface area contributed by atoms with Crippen LogP contribution in [0.5, 0.6) is 0 Å². The van der Waals surface area contributed by atoms with Crippen LogP contribution in [0.25, 0.3) is 0 Å². The average molecular weight is 1620 g/mol. The third kappa shape index (κ3) is 28.5. The van der Waals surface area contributed by atoms with Crippen LogP contribution in [0.15, 0.2) is 165 Å². The van der Waals surface area contributed by atoms with Crippen molar-refractivity contribution in [1.82, 2.24) is 29.9 Å². The van der Waals surface area contributed by atoms with Gasteiger partial charge in [0.25, 0.3) is 0 Å². The maximum Gasteiger partial charge on any atom is 1.00 e. The van der Waals surface area contributed by atoms with Gasteiger partial charge >= 0.3 is 183 Å². The van der Waals surface area contributed by atoms with Gasteiger partial charge in [0, 0.05) is 28.4 Å². The third-order valence-corrected chi connectivity index (χ3v) is 19.1. The number of benzene rings is 6. The van der Waals surface area contributed by atoms with Crippen molar-refractivity contribution >= 4 is 177 Å². The third-order valence-electron chi connectivity index (χ3n) is 11.6. The van der Waals surface area contributed by atoms with E-state index in [1.807, 2.05) is 0 Å². The second-order valence-corrected chi connectivity index (χ2v) is 28.7. The number of nitrogen functional groups attached to an aromatic ring is 2. The van der Waals surface area contributed by atoms with Crippen molar-refractivity contribution in [2.24, 2.45) is 20.5 Å². The summed E-state index contributed by atoms with van der Waals surface area (Å²) in [5.41, 5.74) is 8.09. The summed E-state index contributed by atoms with van der Waals surface area (Å²) in [5, 5.41) is 56.3. The van der Waals surface area contributed by atoms with Crippen LogP contribution >= 0.6 is 24.4 Å². The van der Waals surface area contributed by atoms with E-state index >= 15 is 0 Å². The molecular formula is C46H36FN17Na6O24S8. The van der Waals surface area contributed by atoms with Gasteiger partial charge in [0.15, 0.2) is 32.0 Å². The average Bonchev–Trinajstić information content (AvgIpc) is 0.780. The van der Waals surface area contributed by atoms with Crippen molar-refractivity contribution in [2.75, 3.05) is 62.8 Å².